The average molecular weight is 864 g/mol. The maximum absolute atomic E-state index is 14.6. The molecule has 4 aliphatic heterocycles. The van der Waals surface area contributed by atoms with Gasteiger partial charge in [-0.25, -0.2) is 0 Å². The molecule has 4 fully saturated rings. The largest absolute Gasteiger partial charge is 0.356 e. The molecular formula is C48H52Cl2N6O5. The Morgan fingerprint density at radius 1 is 0.869 bits per heavy atom. The third kappa shape index (κ3) is 7.49. The van der Waals surface area contributed by atoms with Gasteiger partial charge in [0, 0.05) is 76.3 Å². The van der Waals surface area contributed by atoms with Crippen LogP contribution in [-0.2, 0) is 31.1 Å². The number of anilines is 1. The van der Waals surface area contributed by atoms with Crippen molar-refractivity contribution in [2.45, 2.75) is 125 Å². The number of amides is 5. The zero-order valence-electron chi connectivity index (χ0n) is 34.2. The van der Waals surface area contributed by atoms with Crippen LogP contribution in [0.4, 0.5) is 5.69 Å². The SMILES string of the molecule is O=C1NCCCC1N1Cc2c(C#CCCCNC(=O)[C@H]3CC[C@H](NC(=O)[C@@H]4NC5(CCCCC5)[C@@]5(C(=O)Nc6cc(Cl)ccc65)[C@H]4c4cccc(Cl)c4)CC3)cccc2C1=O. The van der Waals surface area contributed by atoms with Crippen LogP contribution in [0.5, 0.6) is 0 Å². The van der Waals surface area contributed by atoms with Crippen LogP contribution in [0.3, 0.4) is 0 Å². The summed E-state index contributed by atoms with van der Waals surface area (Å²) in [6.07, 6.45) is 9.94. The van der Waals surface area contributed by atoms with E-state index in [-0.39, 0.29) is 41.5 Å². The highest BCUT2D eigenvalue weighted by Crippen LogP contribution is 2.62. The van der Waals surface area contributed by atoms with Gasteiger partial charge < -0.3 is 26.2 Å². The first-order valence-electron chi connectivity index (χ1n) is 22.0. The number of nitrogens with zero attached hydrogens (tertiary/aromatic N) is 1. The number of carbonyl (C=O) groups excluding carboxylic acids is 5. The molecule has 5 N–H and O–H groups in total. The molecule has 61 heavy (non-hydrogen) atoms. The molecule has 3 aromatic rings. The summed E-state index contributed by atoms with van der Waals surface area (Å²) >= 11 is 13.0. The summed E-state index contributed by atoms with van der Waals surface area (Å²) in [7, 11) is 0. The van der Waals surface area contributed by atoms with E-state index in [9.17, 15) is 24.0 Å². The fourth-order valence-electron chi connectivity index (χ4n) is 11.4. The highest BCUT2D eigenvalue weighted by atomic mass is 35.5. The monoisotopic (exact) mass is 862 g/mol. The predicted molar refractivity (Wildman–Crippen MR) is 234 cm³/mol. The summed E-state index contributed by atoms with van der Waals surface area (Å²) in [5.74, 6) is 5.34. The third-order valence-corrected chi connectivity index (χ3v) is 14.7. The smallest absolute Gasteiger partial charge is 0.255 e. The van der Waals surface area contributed by atoms with E-state index < -0.39 is 29.0 Å². The van der Waals surface area contributed by atoms with Gasteiger partial charge in [-0.1, -0.05) is 78.6 Å². The minimum Gasteiger partial charge on any atom is -0.356 e. The lowest BCUT2D eigenvalue weighted by molar-refractivity contribution is -0.128. The van der Waals surface area contributed by atoms with Gasteiger partial charge in [0.05, 0.1) is 6.04 Å². The number of hydrogen-bond donors (Lipinski definition) is 5. The van der Waals surface area contributed by atoms with E-state index in [1.165, 1.54) is 0 Å². The Balaban J connectivity index is 0.809. The maximum Gasteiger partial charge on any atom is 0.255 e. The number of halogens is 2. The fourth-order valence-corrected chi connectivity index (χ4v) is 11.8. The number of nitrogens with one attached hydrogen (secondary N) is 5. The van der Waals surface area contributed by atoms with Gasteiger partial charge in [0.15, 0.2) is 0 Å². The van der Waals surface area contributed by atoms with Crippen LogP contribution < -0.4 is 26.6 Å². The van der Waals surface area contributed by atoms with E-state index >= 15 is 0 Å². The molecule has 2 saturated carbocycles. The van der Waals surface area contributed by atoms with E-state index in [0.29, 0.717) is 85.9 Å². The Morgan fingerprint density at radius 2 is 1.66 bits per heavy atom. The molecule has 9 rings (SSSR count). The summed E-state index contributed by atoms with van der Waals surface area (Å²) < 4.78 is 0. The van der Waals surface area contributed by atoms with Gasteiger partial charge in [0.1, 0.15) is 11.5 Å². The number of benzene rings is 3. The molecule has 0 radical (unpaired) electrons. The molecule has 1 unspecified atom stereocenters. The molecule has 3 aromatic carbocycles. The van der Waals surface area contributed by atoms with Crippen LogP contribution in [0.2, 0.25) is 10.0 Å². The number of fused-ring (bicyclic) bond motifs is 4. The highest BCUT2D eigenvalue weighted by molar-refractivity contribution is 6.31. The van der Waals surface area contributed by atoms with Crippen molar-refractivity contribution in [2.75, 3.05) is 18.4 Å². The quantitative estimate of drug-likeness (QED) is 0.129. The number of hydrogen-bond acceptors (Lipinski definition) is 6. The van der Waals surface area contributed by atoms with Gasteiger partial charge in [-0.2, -0.15) is 0 Å². The Bertz CT molecular complexity index is 2330. The van der Waals surface area contributed by atoms with Crippen LogP contribution in [0.15, 0.2) is 60.7 Å². The Hall–Kier alpha value is -4.89. The van der Waals surface area contributed by atoms with Crippen LogP contribution in [0.25, 0.3) is 0 Å². The van der Waals surface area contributed by atoms with Crippen LogP contribution in [0, 0.1) is 17.8 Å². The number of piperidine rings is 1. The second kappa shape index (κ2) is 17.1. The molecule has 2 aliphatic carbocycles. The van der Waals surface area contributed by atoms with Gasteiger partial charge in [0.2, 0.25) is 23.6 Å². The van der Waals surface area contributed by atoms with E-state index in [1.54, 1.807) is 17.0 Å². The lowest BCUT2D eigenvalue weighted by Crippen LogP contribution is -2.60. The second-order valence-corrected chi connectivity index (χ2v) is 18.6. The van der Waals surface area contributed by atoms with Crippen molar-refractivity contribution in [1.29, 1.82) is 0 Å². The first-order chi connectivity index (χ1) is 29.6. The van der Waals surface area contributed by atoms with Crippen molar-refractivity contribution >= 4 is 58.4 Å². The van der Waals surface area contributed by atoms with Crippen LogP contribution in [0.1, 0.15) is 122 Å². The van der Waals surface area contributed by atoms with Gasteiger partial charge in [-0.3, -0.25) is 29.3 Å². The molecule has 4 atom stereocenters. The number of rotatable bonds is 8. The molecule has 2 spiro atoms. The molecule has 2 saturated heterocycles. The summed E-state index contributed by atoms with van der Waals surface area (Å²) in [4.78, 5) is 69.8. The standard InChI is InChI=1S/C48H52Cl2N6O5/c49-32-13-7-12-31(26-32)40-41(55-47(22-4-2-5-23-47)48(40)37-21-18-33(50)27-38(37)54-46(48)61)44(59)53-34-19-16-30(17-20-34)42(57)51-24-6-1-3-10-29-11-8-14-35-36(29)28-56(45(35)60)39-15-9-25-52-43(39)58/h7-8,11-14,18,21,26-27,30,34,39-41,55H,1-2,4-6,9,15-17,19-20,22-25,28H2,(H,51,57)(H,52,58)(H,53,59)(H,54,61)/t30-,34-,39?,40-,41+,48+/m0/s1. The van der Waals surface area contributed by atoms with Crippen LogP contribution in [-0.4, -0.2) is 71.2 Å². The van der Waals surface area contributed by atoms with Crippen molar-refractivity contribution in [1.82, 2.24) is 26.2 Å². The lowest BCUT2D eigenvalue weighted by atomic mass is 9.55. The normalized spacial score (nSPS) is 27.5. The zero-order chi connectivity index (χ0) is 42.3. The minimum atomic E-state index is -1.06. The first kappa shape index (κ1) is 41.5. The topological polar surface area (TPSA) is 149 Å². The Morgan fingerprint density at radius 3 is 2.44 bits per heavy atom. The molecule has 318 valence electrons. The zero-order valence-corrected chi connectivity index (χ0v) is 35.7. The maximum atomic E-state index is 14.6. The minimum absolute atomic E-state index is 0.0228. The van der Waals surface area contributed by atoms with Crippen molar-refractivity contribution < 1.29 is 24.0 Å². The first-order valence-corrected chi connectivity index (χ1v) is 22.8. The van der Waals surface area contributed by atoms with Crippen molar-refractivity contribution in [3.8, 4) is 11.8 Å². The molecule has 6 aliphatic rings. The van der Waals surface area contributed by atoms with E-state index in [0.717, 1.165) is 60.8 Å². The molecule has 0 aromatic heterocycles. The molecule has 11 nitrogen and oxygen atoms in total. The number of carbonyl (C=O) groups is 5. The average Bonchev–Trinajstić information content (AvgIpc) is 3.86. The molecule has 0 bridgehead atoms. The van der Waals surface area contributed by atoms with Gasteiger partial charge in [-0.15, -0.1) is 0 Å². The molecule has 4 heterocycles. The van der Waals surface area contributed by atoms with E-state index in [1.807, 2.05) is 48.5 Å². The summed E-state index contributed by atoms with van der Waals surface area (Å²) in [5, 5.41) is 17.4. The fraction of sp³-hybridized carbons (Fsp3) is 0.479. The summed E-state index contributed by atoms with van der Waals surface area (Å²) in [6, 6.07) is 17.5. The summed E-state index contributed by atoms with van der Waals surface area (Å²) in [5.41, 5.74) is 2.97. The Labute approximate surface area is 366 Å². The lowest BCUT2D eigenvalue weighted by Gasteiger charge is -2.47. The predicted octanol–water partition coefficient (Wildman–Crippen LogP) is 6.50. The Kier molecular flexibility index (Phi) is 11.6. The van der Waals surface area contributed by atoms with Gasteiger partial charge >= 0.3 is 0 Å². The van der Waals surface area contributed by atoms with Gasteiger partial charge in [-0.05, 0) is 111 Å². The van der Waals surface area contributed by atoms with Crippen molar-refractivity contribution in [3.63, 3.8) is 0 Å². The second-order valence-electron chi connectivity index (χ2n) is 17.7. The van der Waals surface area contributed by atoms with Crippen molar-refractivity contribution in [3.05, 3.63) is 98.5 Å². The molecule has 13 heteroatoms. The molecule has 5 amide bonds. The third-order valence-electron chi connectivity index (χ3n) is 14.3. The highest BCUT2D eigenvalue weighted by Gasteiger charge is 2.72. The van der Waals surface area contributed by atoms with E-state index in [4.69, 9.17) is 23.2 Å². The van der Waals surface area contributed by atoms with E-state index in [2.05, 4.69) is 38.4 Å². The van der Waals surface area contributed by atoms with Crippen molar-refractivity contribution in [2.24, 2.45) is 5.92 Å². The number of unbranched alkanes of at least 4 members (excludes halogenated alkanes) is 1. The summed E-state index contributed by atoms with van der Waals surface area (Å²) in [6.45, 7) is 1.53. The van der Waals surface area contributed by atoms with Gasteiger partial charge in [0.25, 0.3) is 5.91 Å². The van der Waals surface area contributed by atoms with Crippen LogP contribution >= 0.6 is 23.2 Å². The molecular weight excluding hydrogens is 811 g/mol.